The Morgan fingerprint density at radius 2 is 2.11 bits per heavy atom. The summed E-state index contributed by atoms with van der Waals surface area (Å²) in [6.45, 7) is 5.45. The molecule has 0 saturated heterocycles. The van der Waals surface area contributed by atoms with Crippen LogP contribution in [0.15, 0.2) is 12.3 Å². The van der Waals surface area contributed by atoms with Crippen molar-refractivity contribution in [3.63, 3.8) is 0 Å². The summed E-state index contributed by atoms with van der Waals surface area (Å²) in [5.74, 6) is 0. The second-order valence-electron chi connectivity index (χ2n) is 2.12. The molecule has 0 aromatic rings. The molecule has 0 radical (unpaired) electrons. The van der Waals surface area contributed by atoms with E-state index in [0.717, 1.165) is 13.0 Å². The molecule has 0 fully saturated rings. The summed E-state index contributed by atoms with van der Waals surface area (Å²) >= 11 is 0. The molecule has 0 aliphatic rings. The van der Waals surface area contributed by atoms with Crippen molar-refractivity contribution < 1.29 is 0 Å². The number of unbranched alkanes of at least 4 members (excludes halogenated alkanes) is 1. The van der Waals surface area contributed by atoms with Crippen molar-refractivity contribution >= 4 is 0 Å². The van der Waals surface area contributed by atoms with E-state index in [0.29, 0.717) is 0 Å². The summed E-state index contributed by atoms with van der Waals surface area (Å²) in [6.07, 6.45) is 7.84. The molecule has 0 rings (SSSR count). The van der Waals surface area contributed by atoms with Crippen LogP contribution in [0.3, 0.4) is 0 Å². The van der Waals surface area contributed by atoms with Crippen molar-refractivity contribution in [1.29, 1.82) is 0 Å². The molecule has 54 valence electrons. The second-order valence-corrected chi connectivity index (χ2v) is 2.12. The van der Waals surface area contributed by atoms with Gasteiger partial charge in [0.25, 0.3) is 0 Å². The molecule has 0 bridgehead atoms. The normalized spacial score (nSPS) is 10.4. The largest absolute Gasteiger partial charge is 0.391 e. The minimum Gasteiger partial charge on any atom is -0.391 e. The fraction of sp³-hybridized carbons (Fsp3) is 0.750. The highest BCUT2D eigenvalue weighted by Crippen LogP contribution is 1.82. The van der Waals surface area contributed by atoms with Gasteiger partial charge in [-0.2, -0.15) is 0 Å². The lowest BCUT2D eigenvalue weighted by atomic mass is 10.3. The molecular weight excluding hydrogens is 110 g/mol. The zero-order valence-corrected chi connectivity index (χ0v) is 6.48. The molecular formula is C8H17N. The van der Waals surface area contributed by atoms with E-state index in [2.05, 4.69) is 25.2 Å². The summed E-state index contributed by atoms with van der Waals surface area (Å²) in [4.78, 5) is 0. The maximum absolute atomic E-state index is 3.21. The summed E-state index contributed by atoms with van der Waals surface area (Å²) in [5, 5.41) is 3.21. The number of nitrogens with one attached hydrogen (secondary N) is 1. The lowest BCUT2D eigenvalue weighted by molar-refractivity contribution is 0.733. The van der Waals surface area contributed by atoms with Gasteiger partial charge in [0.2, 0.25) is 0 Å². The Hall–Kier alpha value is -0.460. The van der Waals surface area contributed by atoms with Crippen molar-refractivity contribution in [2.45, 2.75) is 33.1 Å². The minimum absolute atomic E-state index is 1.12. The fourth-order valence-electron chi connectivity index (χ4n) is 0.563. The summed E-state index contributed by atoms with van der Waals surface area (Å²) in [5.41, 5.74) is 0. The average Bonchev–Trinajstić information content (AvgIpc) is 1.89. The average molecular weight is 127 g/mol. The van der Waals surface area contributed by atoms with Gasteiger partial charge in [0.05, 0.1) is 0 Å². The van der Waals surface area contributed by atoms with Crippen LogP contribution in [0.25, 0.3) is 0 Å². The monoisotopic (exact) mass is 127 g/mol. The summed E-state index contributed by atoms with van der Waals surface area (Å²) in [6, 6.07) is 0. The molecule has 0 atom stereocenters. The van der Waals surface area contributed by atoms with Crippen molar-refractivity contribution in [2.75, 3.05) is 6.54 Å². The van der Waals surface area contributed by atoms with E-state index in [1.54, 1.807) is 0 Å². The van der Waals surface area contributed by atoms with Gasteiger partial charge in [0.1, 0.15) is 0 Å². The first-order chi connectivity index (χ1) is 4.41. The van der Waals surface area contributed by atoms with Crippen molar-refractivity contribution in [3.05, 3.63) is 12.3 Å². The van der Waals surface area contributed by atoms with Crippen LogP contribution < -0.4 is 5.32 Å². The van der Waals surface area contributed by atoms with Crippen molar-refractivity contribution in [3.8, 4) is 0 Å². The third-order valence-electron chi connectivity index (χ3n) is 1.15. The van der Waals surface area contributed by atoms with Crippen molar-refractivity contribution in [2.24, 2.45) is 0 Å². The third kappa shape index (κ3) is 7.54. The van der Waals surface area contributed by atoms with E-state index < -0.39 is 0 Å². The van der Waals surface area contributed by atoms with E-state index in [1.165, 1.54) is 12.8 Å². The first-order valence-corrected chi connectivity index (χ1v) is 3.80. The van der Waals surface area contributed by atoms with Crippen LogP contribution in [0.5, 0.6) is 0 Å². The van der Waals surface area contributed by atoms with Gasteiger partial charge < -0.3 is 5.32 Å². The van der Waals surface area contributed by atoms with Gasteiger partial charge in [-0.25, -0.2) is 0 Å². The predicted octanol–water partition coefficient (Wildman–Crippen LogP) is 2.30. The van der Waals surface area contributed by atoms with Crippen molar-refractivity contribution in [1.82, 2.24) is 5.32 Å². The molecule has 0 saturated carbocycles. The van der Waals surface area contributed by atoms with E-state index in [1.807, 2.05) is 6.20 Å². The Labute approximate surface area is 58.2 Å². The van der Waals surface area contributed by atoms with Crippen LogP contribution in [0, 0.1) is 0 Å². The molecule has 9 heavy (non-hydrogen) atoms. The molecule has 0 spiro atoms. The van der Waals surface area contributed by atoms with Crippen LogP contribution >= 0.6 is 0 Å². The molecule has 1 heteroatoms. The van der Waals surface area contributed by atoms with Crippen LogP contribution in [-0.2, 0) is 0 Å². The van der Waals surface area contributed by atoms with Crippen LogP contribution in [0.1, 0.15) is 33.1 Å². The Kier molecular flexibility index (Phi) is 7.15. The predicted molar refractivity (Wildman–Crippen MR) is 42.3 cm³/mol. The van der Waals surface area contributed by atoms with Gasteiger partial charge in [-0.05, 0) is 19.0 Å². The highest BCUT2D eigenvalue weighted by atomic mass is 14.8. The molecule has 0 aliphatic carbocycles. The number of allylic oxidation sites excluding steroid dienone is 1. The highest BCUT2D eigenvalue weighted by Gasteiger charge is 1.76. The van der Waals surface area contributed by atoms with Crippen LogP contribution in [0.2, 0.25) is 0 Å². The second kappa shape index (κ2) is 7.54. The number of rotatable bonds is 5. The number of hydrogen-bond acceptors (Lipinski definition) is 1. The van der Waals surface area contributed by atoms with Gasteiger partial charge in [0.15, 0.2) is 0 Å². The van der Waals surface area contributed by atoms with E-state index in [-0.39, 0.29) is 0 Å². The molecule has 0 unspecified atom stereocenters. The van der Waals surface area contributed by atoms with E-state index in [4.69, 9.17) is 0 Å². The summed E-state index contributed by atoms with van der Waals surface area (Å²) in [7, 11) is 0. The lowest BCUT2D eigenvalue weighted by Crippen LogP contribution is -2.05. The Balaban J connectivity index is 2.82. The third-order valence-corrected chi connectivity index (χ3v) is 1.15. The molecule has 0 amide bonds. The van der Waals surface area contributed by atoms with E-state index in [9.17, 15) is 0 Å². The summed E-state index contributed by atoms with van der Waals surface area (Å²) < 4.78 is 0. The topological polar surface area (TPSA) is 12.0 Å². The SMILES string of the molecule is CCC=CNCCCC. The molecule has 0 aliphatic heterocycles. The zero-order valence-electron chi connectivity index (χ0n) is 6.48. The smallest absolute Gasteiger partial charge is 0.0141 e. The maximum Gasteiger partial charge on any atom is 0.0141 e. The zero-order chi connectivity index (χ0) is 6.95. The Bertz CT molecular complexity index is 67.0. The Morgan fingerprint density at radius 3 is 2.67 bits per heavy atom. The molecule has 1 N–H and O–H groups in total. The highest BCUT2D eigenvalue weighted by molar-refractivity contribution is 4.76. The molecule has 1 nitrogen and oxygen atoms in total. The first-order valence-electron chi connectivity index (χ1n) is 3.80. The van der Waals surface area contributed by atoms with E-state index >= 15 is 0 Å². The number of hydrogen-bond donors (Lipinski definition) is 1. The molecule has 0 heterocycles. The quantitative estimate of drug-likeness (QED) is 0.559. The first kappa shape index (κ1) is 8.54. The minimum atomic E-state index is 1.12. The van der Waals surface area contributed by atoms with Gasteiger partial charge in [-0.15, -0.1) is 0 Å². The lowest BCUT2D eigenvalue weighted by Gasteiger charge is -1.95. The van der Waals surface area contributed by atoms with Crippen LogP contribution in [0.4, 0.5) is 0 Å². The fourth-order valence-corrected chi connectivity index (χ4v) is 0.563. The van der Waals surface area contributed by atoms with Crippen LogP contribution in [-0.4, -0.2) is 6.54 Å². The van der Waals surface area contributed by atoms with Gasteiger partial charge in [-0.1, -0.05) is 26.3 Å². The van der Waals surface area contributed by atoms with Gasteiger partial charge >= 0.3 is 0 Å². The standard InChI is InChI=1S/C8H17N/c1-3-5-7-9-8-6-4-2/h5,7,9H,3-4,6,8H2,1-2H3. The Morgan fingerprint density at radius 1 is 1.33 bits per heavy atom. The molecule has 0 aromatic carbocycles. The maximum atomic E-state index is 3.21. The van der Waals surface area contributed by atoms with Gasteiger partial charge in [0, 0.05) is 6.54 Å². The molecule has 0 aromatic heterocycles. The van der Waals surface area contributed by atoms with Gasteiger partial charge in [-0.3, -0.25) is 0 Å².